The smallest absolute Gasteiger partial charge is 0.246 e. The Kier molecular flexibility index (Phi) is 7.15. The van der Waals surface area contributed by atoms with Crippen LogP contribution in [-0.2, 0) is 18.3 Å². The topological polar surface area (TPSA) is 65.8 Å². The van der Waals surface area contributed by atoms with Gasteiger partial charge in [-0.2, -0.15) is 5.10 Å². The molecule has 2 aromatic rings. The number of hydrogen-bond acceptors (Lipinski definition) is 3. The standard InChI is InChI=1S/C21H28N6O.HI/c1-22-21(26-11-9-17(15-26)18-12-24-25(2)14-18)23-13-20(28)27-10-5-7-16-6-3-4-8-19(16)27;/h3-4,6,8,12,14,17H,5,7,9-11,13,15H2,1-2H3,(H,22,23);1H. The molecule has 1 aromatic carbocycles. The van der Waals surface area contributed by atoms with Gasteiger partial charge < -0.3 is 15.1 Å². The molecule has 1 atom stereocenters. The highest BCUT2D eigenvalue weighted by molar-refractivity contribution is 14.0. The van der Waals surface area contributed by atoms with Gasteiger partial charge in [-0.05, 0) is 36.5 Å². The number of benzene rings is 1. The number of hydrogen-bond donors (Lipinski definition) is 1. The molecule has 2 aliphatic heterocycles. The predicted octanol–water partition coefficient (Wildman–Crippen LogP) is 2.38. The molecule has 1 N–H and O–H groups in total. The zero-order chi connectivity index (χ0) is 19.5. The van der Waals surface area contributed by atoms with Crippen molar-refractivity contribution in [2.45, 2.75) is 25.2 Å². The van der Waals surface area contributed by atoms with Crippen LogP contribution in [0.4, 0.5) is 5.69 Å². The third kappa shape index (κ3) is 4.73. The Hall–Kier alpha value is -2.10. The van der Waals surface area contributed by atoms with Crippen LogP contribution >= 0.6 is 24.0 Å². The van der Waals surface area contributed by atoms with Crippen LogP contribution in [-0.4, -0.2) is 59.8 Å². The summed E-state index contributed by atoms with van der Waals surface area (Å²) in [4.78, 5) is 21.4. The average Bonchev–Trinajstić information content (AvgIpc) is 3.37. The van der Waals surface area contributed by atoms with Crippen molar-refractivity contribution in [1.82, 2.24) is 20.0 Å². The zero-order valence-electron chi connectivity index (χ0n) is 17.0. The first kappa shape index (κ1) is 21.6. The summed E-state index contributed by atoms with van der Waals surface area (Å²) in [5.41, 5.74) is 3.57. The van der Waals surface area contributed by atoms with Crippen molar-refractivity contribution in [3.8, 4) is 0 Å². The number of aromatic nitrogens is 2. The van der Waals surface area contributed by atoms with Crippen molar-refractivity contribution in [2.24, 2.45) is 12.0 Å². The number of amides is 1. The van der Waals surface area contributed by atoms with E-state index in [1.54, 1.807) is 7.05 Å². The molecule has 1 aromatic heterocycles. The average molecular weight is 508 g/mol. The van der Waals surface area contributed by atoms with Gasteiger partial charge in [0.1, 0.15) is 0 Å². The van der Waals surface area contributed by atoms with Crippen molar-refractivity contribution < 1.29 is 4.79 Å². The van der Waals surface area contributed by atoms with Gasteiger partial charge in [-0.3, -0.25) is 14.5 Å². The summed E-state index contributed by atoms with van der Waals surface area (Å²) in [7, 11) is 3.72. The Morgan fingerprint density at radius 2 is 2.14 bits per heavy atom. The van der Waals surface area contributed by atoms with Gasteiger partial charge >= 0.3 is 0 Å². The number of likely N-dealkylation sites (tertiary alicyclic amines) is 1. The molecule has 0 aliphatic carbocycles. The van der Waals surface area contributed by atoms with Crippen molar-refractivity contribution in [3.05, 3.63) is 47.8 Å². The number of aliphatic imine (C=N–C) groups is 1. The highest BCUT2D eigenvalue weighted by Gasteiger charge is 2.28. The van der Waals surface area contributed by atoms with Crippen LogP contribution in [0, 0.1) is 0 Å². The van der Waals surface area contributed by atoms with Crippen LogP contribution in [0.25, 0.3) is 0 Å². The Labute approximate surface area is 189 Å². The van der Waals surface area contributed by atoms with Gasteiger partial charge in [0.25, 0.3) is 0 Å². The van der Waals surface area contributed by atoms with Gasteiger partial charge in [-0.25, -0.2) is 0 Å². The number of anilines is 1. The Balaban J connectivity index is 0.00000240. The van der Waals surface area contributed by atoms with Crippen molar-refractivity contribution in [1.29, 1.82) is 0 Å². The number of nitrogens with one attached hydrogen (secondary N) is 1. The molecule has 0 radical (unpaired) electrons. The van der Waals surface area contributed by atoms with E-state index in [9.17, 15) is 4.79 Å². The molecule has 0 bridgehead atoms. The van der Waals surface area contributed by atoms with Crippen LogP contribution in [0.15, 0.2) is 41.7 Å². The van der Waals surface area contributed by atoms with Crippen LogP contribution in [0.2, 0.25) is 0 Å². The number of carbonyl (C=O) groups excluding carboxylic acids is 1. The van der Waals surface area contributed by atoms with E-state index in [1.165, 1.54) is 11.1 Å². The summed E-state index contributed by atoms with van der Waals surface area (Å²) in [6, 6.07) is 8.20. The summed E-state index contributed by atoms with van der Waals surface area (Å²) < 4.78 is 1.85. The minimum absolute atomic E-state index is 0. The number of guanidine groups is 1. The highest BCUT2D eigenvalue weighted by atomic mass is 127. The molecule has 4 rings (SSSR count). The zero-order valence-corrected chi connectivity index (χ0v) is 19.4. The van der Waals surface area contributed by atoms with Crippen molar-refractivity contribution in [3.63, 3.8) is 0 Å². The molecule has 8 heteroatoms. The maximum Gasteiger partial charge on any atom is 0.246 e. The lowest BCUT2D eigenvalue weighted by Gasteiger charge is -2.30. The molecule has 156 valence electrons. The number of fused-ring (bicyclic) bond motifs is 1. The van der Waals surface area contributed by atoms with E-state index in [4.69, 9.17) is 0 Å². The number of para-hydroxylation sites is 1. The summed E-state index contributed by atoms with van der Waals surface area (Å²) in [6.07, 6.45) is 7.15. The van der Waals surface area contributed by atoms with Crippen molar-refractivity contribution >= 4 is 41.5 Å². The van der Waals surface area contributed by atoms with Crippen LogP contribution in [0.1, 0.15) is 29.9 Å². The number of aryl methyl sites for hydroxylation is 2. The van der Waals surface area contributed by atoms with Gasteiger partial charge in [0, 0.05) is 51.5 Å². The van der Waals surface area contributed by atoms with E-state index < -0.39 is 0 Å². The second kappa shape index (κ2) is 9.60. The van der Waals surface area contributed by atoms with Crippen LogP contribution in [0.3, 0.4) is 0 Å². The highest BCUT2D eigenvalue weighted by Crippen LogP contribution is 2.27. The molecule has 2 aliphatic rings. The molecule has 1 unspecified atom stereocenters. The minimum Gasteiger partial charge on any atom is -0.347 e. The van der Waals surface area contributed by atoms with E-state index in [0.29, 0.717) is 5.92 Å². The fourth-order valence-corrected chi connectivity index (χ4v) is 4.25. The molecule has 1 amide bonds. The van der Waals surface area contributed by atoms with E-state index >= 15 is 0 Å². The van der Waals surface area contributed by atoms with E-state index in [0.717, 1.165) is 50.5 Å². The summed E-state index contributed by atoms with van der Waals surface area (Å²) >= 11 is 0. The molecule has 3 heterocycles. The van der Waals surface area contributed by atoms with E-state index in [2.05, 4.69) is 32.6 Å². The maximum absolute atomic E-state index is 12.9. The lowest BCUT2D eigenvalue weighted by molar-refractivity contribution is -0.117. The fraction of sp³-hybridized carbons (Fsp3) is 0.476. The van der Waals surface area contributed by atoms with Gasteiger partial charge in [-0.1, -0.05) is 18.2 Å². The molecule has 0 saturated carbocycles. The molecule has 0 spiro atoms. The number of rotatable bonds is 3. The number of nitrogens with zero attached hydrogens (tertiary/aromatic N) is 5. The quantitative estimate of drug-likeness (QED) is 0.393. The minimum atomic E-state index is 0. The molecule has 29 heavy (non-hydrogen) atoms. The first-order valence-electron chi connectivity index (χ1n) is 9.98. The third-order valence-corrected chi connectivity index (χ3v) is 5.70. The van der Waals surface area contributed by atoms with Gasteiger partial charge in [0.2, 0.25) is 5.91 Å². The van der Waals surface area contributed by atoms with Crippen molar-refractivity contribution in [2.75, 3.05) is 38.1 Å². The third-order valence-electron chi connectivity index (χ3n) is 5.70. The van der Waals surface area contributed by atoms with Crippen LogP contribution < -0.4 is 10.2 Å². The Morgan fingerprint density at radius 3 is 2.90 bits per heavy atom. The first-order valence-corrected chi connectivity index (χ1v) is 9.98. The molecular weight excluding hydrogens is 479 g/mol. The normalized spacial score (nSPS) is 19.0. The predicted molar refractivity (Wildman–Crippen MR) is 126 cm³/mol. The Morgan fingerprint density at radius 1 is 1.31 bits per heavy atom. The van der Waals surface area contributed by atoms with E-state index in [-0.39, 0.29) is 36.4 Å². The second-order valence-electron chi connectivity index (χ2n) is 7.56. The van der Waals surface area contributed by atoms with E-state index in [1.807, 2.05) is 41.0 Å². The van der Waals surface area contributed by atoms with Gasteiger partial charge in [-0.15, -0.1) is 24.0 Å². The van der Waals surface area contributed by atoms with Gasteiger partial charge in [0.15, 0.2) is 5.96 Å². The maximum atomic E-state index is 12.9. The lowest BCUT2D eigenvalue weighted by atomic mass is 10.0. The molecule has 1 saturated heterocycles. The summed E-state index contributed by atoms with van der Waals surface area (Å²) in [6.45, 7) is 2.87. The fourth-order valence-electron chi connectivity index (χ4n) is 4.25. The summed E-state index contributed by atoms with van der Waals surface area (Å²) in [5.74, 6) is 1.35. The van der Waals surface area contributed by atoms with Crippen LogP contribution in [0.5, 0.6) is 0 Å². The molecule has 7 nitrogen and oxygen atoms in total. The number of halogens is 1. The molecule has 1 fully saturated rings. The van der Waals surface area contributed by atoms with Gasteiger partial charge in [0.05, 0.1) is 12.7 Å². The first-order chi connectivity index (χ1) is 13.7. The second-order valence-corrected chi connectivity index (χ2v) is 7.56. The summed E-state index contributed by atoms with van der Waals surface area (Å²) in [5, 5.41) is 7.56. The molecular formula is C21H29IN6O. The monoisotopic (exact) mass is 508 g/mol. The largest absolute Gasteiger partial charge is 0.347 e. The SMILES string of the molecule is CN=C(NCC(=O)N1CCCc2ccccc21)N1CCC(c2cnn(C)c2)C1.I. The number of carbonyl (C=O) groups is 1. The Bertz CT molecular complexity index is 880. The lowest BCUT2D eigenvalue weighted by Crippen LogP contribution is -2.47.